The normalized spacial score (nSPS) is 29.2. The molecule has 0 spiro atoms. The highest BCUT2D eigenvalue weighted by molar-refractivity contribution is 5.76. The molecule has 2 aliphatic heterocycles. The molecule has 5 nitrogen and oxygen atoms in total. The van der Waals surface area contributed by atoms with Crippen LogP contribution in [0.15, 0.2) is 0 Å². The molecular weight excluding hydrogens is 266 g/mol. The van der Waals surface area contributed by atoms with E-state index in [0.717, 1.165) is 19.6 Å². The Kier molecular flexibility index (Phi) is 6.02. The van der Waals surface area contributed by atoms with Gasteiger partial charge in [0.1, 0.15) is 6.04 Å². The van der Waals surface area contributed by atoms with Gasteiger partial charge in [-0.2, -0.15) is 0 Å². The predicted molar refractivity (Wildman–Crippen MR) is 84.3 cm³/mol. The molecule has 0 aromatic heterocycles. The van der Waals surface area contributed by atoms with E-state index in [2.05, 4.69) is 35.9 Å². The van der Waals surface area contributed by atoms with Crippen LogP contribution in [0.4, 0.5) is 0 Å². The van der Waals surface area contributed by atoms with Crippen LogP contribution in [0.25, 0.3) is 0 Å². The molecule has 0 saturated carbocycles. The second-order valence-electron chi connectivity index (χ2n) is 6.84. The van der Waals surface area contributed by atoms with Crippen molar-refractivity contribution < 1.29 is 9.53 Å². The third kappa shape index (κ3) is 4.41. The number of piperazine rings is 1. The lowest BCUT2D eigenvalue weighted by Gasteiger charge is -2.48. The first-order chi connectivity index (χ1) is 10.0. The minimum absolute atomic E-state index is 0.151. The number of hydrogen-bond acceptors (Lipinski definition) is 5. The Morgan fingerprint density at radius 1 is 1.33 bits per heavy atom. The summed E-state index contributed by atoms with van der Waals surface area (Å²) in [4.78, 5) is 17.1. The van der Waals surface area contributed by atoms with Crippen LogP contribution in [-0.4, -0.2) is 73.2 Å². The number of esters is 1. The van der Waals surface area contributed by atoms with E-state index in [1.54, 1.807) is 0 Å². The van der Waals surface area contributed by atoms with E-state index in [4.69, 9.17) is 4.74 Å². The maximum absolute atomic E-state index is 12.0. The molecule has 0 radical (unpaired) electrons. The first-order valence-electron chi connectivity index (χ1n) is 8.33. The third-order valence-corrected chi connectivity index (χ3v) is 4.75. The zero-order valence-corrected chi connectivity index (χ0v) is 14.0. The standard InChI is InChI=1S/C16H31N3O2/c1-12(2)17-15(16(20)21-4)11-19-10-14-7-5-6-8-18(14)9-13(19)3/h12-15,17H,5-11H2,1-4H3. The van der Waals surface area contributed by atoms with Gasteiger partial charge in [0.25, 0.3) is 0 Å². The van der Waals surface area contributed by atoms with E-state index in [0.29, 0.717) is 12.1 Å². The van der Waals surface area contributed by atoms with E-state index in [-0.39, 0.29) is 18.1 Å². The quantitative estimate of drug-likeness (QED) is 0.770. The van der Waals surface area contributed by atoms with Crippen LogP contribution < -0.4 is 5.32 Å². The maximum atomic E-state index is 12.0. The summed E-state index contributed by atoms with van der Waals surface area (Å²) in [6, 6.07) is 1.22. The first-order valence-corrected chi connectivity index (χ1v) is 8.33. The molecule has 2 heterocycles. The van der Waals surface area contributed by atoms with Gasteiger partial charge in [0, 0.05) is 37.8 Å². The molecule has 2 rings (SSSR count). The van der Waals surface area contributed by atoms with Gasteiger partial charge in [0.15, 0.2) is 0 Å². The summed E-state index contributed by atoms with van der Waals surface area (Å²) in [7, 11) is 1.47. The number of fused-ring (bicyclic) bond motifs is 1. The number of hydrogen-bond donors (Lipinski definition) is 1. The predicted octanol–water partition coefficient (Wildman–Crippen LogP) is 1.08. The average Bonchev–Trinajstić information content (AvgIpc) is 2.46. The van der Waals surface area contributed by atoms with Crippen molar-refractivity contribution in [2.24, 2.45) is 0 Å². The number of nitrogens with one attached hydrogen (secondary N) is 1. The van der Waals surface area contributed by atoms with Gasteiger partial charge >= 0.3 is 5.97 Å². The summed E-state index contributed by atoms with van der Waals surface area (Å²) in [5, 5.41) is 3.34. The highest BCUT2D eigenvalue weighted by Gasteiger charge is 2.35. The Bertz CT molecular complexity index is 348. The van der Waals surface area contributed by atoms with Crippen molar-refractivity contribution in [1.29, 1.82) is 0 Å². The molecule has 2 aliphatic rings. The SMILES string of the molecule is COC(=O)C(CN1CC2CCCCN2CC1C)NC(C)C. The summed E-state index contributed by atoms with van der Waals surface area (Å²) in [5.41, 5.74) is 0. The molecule has 0 bridgehead atoms. The van der Waals surface area contributed by atoms with E-state index in [1.807, 2.05) is 0 Å². The summed E-state index contributed by atoms with van der Waals surface area (Å²) in [6.07, 6.45) is 3.97. The molecule has 122 valence electrons. The van der Waals surface area contributed by atoms with Gasteiger partial charge in [0.2, 0.25) is 0 Å². The van der Waals surface area contributed by atoms with Crippen LogP contribution in [0.1, 0.15) is 40.0 Å². The Morgan fingerprint density at radius 3 is 2.76 bits per heavy atom. The Labute approximate surface area is 129 Å². The van der Waals surface area contributed by atoms with E-state index >= 15 is 0 Å². The van der Waals surface area contributed by atoms with Crippen LogP contribution in [0.3, 0.4) is 0 Å². The van der Waals surface area contributed by atoms with Crippen molar-refractivity contribution >= 4 is 5.97 Å². The second-order valence-corrected chi connectivity index (χ2v) is 6.84. The summed E-state index contributed by atoms with van der Waals surface area (Å²) < 4.78 is 4.96. The van der Waals surface area contributed by atoms with E-state index < -0.39 is 0 Å². The minimum Gasteiger partial charge on any atom is -0.468 e. The summed E-state index contributed by atoms with van der Waals surface area (Å²) >= 11 is 0. The summed E-state index contributed by atoms with van der Waals surface area (Å²) in [5.74, 6) is -0.151. The van der Waals surface area contributed by atoms with Gasteiger partial charge in [-0.05, 0) is 26.3 Å². The molecule has 2 fully saturated rings. The molecule has 3 atom stereocenters. The number of nitrogens with zero attached hydrogens (tertiary/aromatic N) is 2. The van der Waals surface area contributed by atoms with Crippen LogP contribution in [0.5, 0.6) is 0 Å². The fourth-order valence-corrected chi connectivity index (χ4v) is 3.64. The van der Waals surface area contributed by atoms with Crippen molar-refractivity contribution in [3.63, 3.8) is 0 Å². The molecule has 2 saturated heterocycles. The average molecular weight is 297 g/mol. The first kappa shape index (κ1) is 16.7. The molecule has 1 N–H and O–H groups in total. The summed E-state index contributed by atoms with van der Waals surface area (Å²) in [6.45, 7) is 10.6. The zero-order valence-electron chi connectivity index (χ0n) is 14.0. The monoisotopic (exact) mass is 297 g/mol. The Balaban J connectivity index is 1.96. The number of carbonyl (C=O) groups is 1. The second kappa shape index (κ2) is 7.56. The van der Waals surface area contributed by atoms with Crippen LogP contribution in [-0.2, 0) is 9.53 Å². The molecule has 5 heteroatoms. The van der Waals surface area contributed by atoms with Gasteiger partial charge in [-0.25, -0.2) is 0 Å². The minimum atomic E-state index is -0.229. The molecular formula is C16H31N3O2. The highest BCUT2D eigenvalue weighted by Crippen LogP contribution is 2.24. The molecule has 0 amide bonds. The lowest BCUT2D eigenvalue weighted by Crippen LogP contribution is -2.61. The lowest BCUT2D eigenvalue weighted by molar-refractivity contribution is -0.144. The number of rotatable bonds is 5. The van der Waals surface area contributed by atoms with Gasteiger partial charge < -0.3 is 10.1 Å². The molecule has 3 unspecified atom stereocenters. The van der Waals surface area contributed by atoms with Crippen molar-refractivity contribution in [1.82, 2.24) is 15.1 Å². The van der Waals surface area contributed by atoms with Gasteiger partial charge in [0.05, 0.1) is 7.11 Å². The van der Waals surface area contributed by atoms with Gasteiger partial charge in [-0.15, -0.1) is 0 Å². The van der Waals surface area contributed by atoms with Crippen molar-refractivity contribution in [3.05, 3.63) is 0 Å². The topological polar surface area (TPSA) is 44.8 Å². The largest absolute Gasteiger partial charge is 0.468 e. The third-order valence-electron chi connectivity index (χ3n) is 4.75. The lowest BCUT2D eigenvalue weighted by atomic mass is 9.96. The van der Waals surface area contributed by atoms with Crippen LogP contribution in [0.2, 0.25) is 0 Å². The van der Waals surface area contributed by atoms with Gasteiger partial charge in [-0.1, -0.05) is 20.3 Å². The molecule has 0 aliphatic carbocycles. The Hall–Kier alpha value is -0.650. The van der Waals surface area contributed by atoms with Crippen LogP contribution in [0, 0.1) is 0 Å². The number of carbonyl (C=O) groups excluding carboxylic acids is 1. The maximum Gasteiger partial charge on any atom is 0.324 e. The molecule has 0 aromatic rings. The zero-order chi connectivity index (χ0) is 15.4. The Morgan fingerprint density at radius 2 is 2.10 bits per heavy atom. The van der Waals surface area contributed by atoms with Crippen LogP contribution >= 0.6 is 0 Å². The van der Waals surface area contributed by atoms with Crippen molar-refractivity contribution in [2.75, 3.05) is 33.3 Å². The van der Waals surface area contributed by atoms with Crippen molar-refractivity contribution in [2.45, 2.75) is 64.2 Å². The molecule has 0 aromatic carbocycles. The van der Waals surface area contributed by atoms with E-state index in [1.165, 1.54) is 32.9 Å². The van der Waals surface area contributed by atoms with Crippen molar-refractivity contribution in [3.8, 4) is 0 Å². The van der Waals surface area contributed by atoms with Gasteiger partial charge in [-0.3, -0.25) is 14.6 Å². The fraction of sp³-hybridized carbons (Fsp3) is 0.938. The number of piperidine rings is 1. The molecule has 21 heavy (non-hydrogen) atoms. The smallest absolute Gasteiger partial charge is 0.324 e. The number of ether oxygens (including phenoxy) is 1. The number of methoxy groups -OCH3 is 1. The van der Waals surface area contributed by atoms with E-state index in [9.17, 15) is 4.79 Å². The fourth-order valence-electron chi connectivity index (χ4n) is 3.64. The highest BCUT2D eigenvalue weighted by atomic mass is 16.5.